The molecule has 0 bridgehead atoms. The van der Waals surface area contributed by atoms with Gasteiger partial charge in [-0.3, -0.25) is 4.57 Å². The molecule has 0 radical (unpaired) electrons. The SMILES string of the molecule is O=Pc1ccccc1Nc1nc(Nc2ccc(CNc3cccc(C4CCCNC4)c3)cc2)ncc1C(F)(F)F. The third kappa shape index (κ3) is 6.94. The molecule has 0 spiro atoms. The summed E-state index contributed by atoms with van der Waals surface area (Å²) in [5.41, 5.74) is 3.28. The number of nitrogens with zero attached hydrogens (tertiary/aromatic N) is 2. The first-order valence-electron chi connectivity index (χ1n) is 12.9. The van der Waals surface area contributed by atoms with Crippen LogP contribution in [0.15, 0.2) is 79.0 Å². The molecule has 1 unspecified atom stereocenters. The Morgan fingerprint density at radius 3 is 2.55 bits per heavy atom. The Hall–Kier alpha value is -4.01. The van der Waals surface area contributed by atoms with Gasteiger partial charge in [0.1, 0.15) is 11.4 Å². The molecule has 0 aliphatic carbocycles. The van der Waals surface area contributed by atoms with E-state index in [0.29, 0.717) is 23.5 Å². The molecule has 5 rings (SSSR count). The number of nitrogens with one attached hydrogen (secondary N) is 4. The Balaban J connectivity index is 1.26. The summed E-state index contributed by atoms with van der Waals surface area (Å²) < 4.78 is 52.3. The van der Waals surface area contributed by atoms with E-state index in [1.165, 1.54) is 24.5 Å². The van der Waals surface area contributed by atoms with Gasteiger partial charge in [-0.2, -0.15) is 18.2 Å². The van der Waals surface area contributed by atoms with Crippen molar-refractivity contribution < 1.29 is 17.7 Å². The topological polar surface area (TPSA) is 91.0 Å². The lowest BCUT2D eigenvalue weighted by atomic mass is 9.91. The Morgan fingerprint density at radius 2 is 1.80 bits per heavy atom. The first-order chi connectivity index (χ1) is 19.4. The Labute approximate surface area is 231 Å². The molecule has 1 aromatic heterocycles. The molecule has 1 aliphatic heterocycles. The number of benzene rings is 3. The van der Waals surface area contributed by atoms with Crippen LogP contribution in [0.25, 0.3) is 0 Å². The number of para-hydroxylation sites is 1. The molecule has 4 aromatic rings. The quantitative estimate of drug-likeness (QED) is 0.163. The van der Waals surface area contributed by atoms with Crippen LogP contribution in [-0.4, -0.2) is 23.1 Å². The molecule has 11 heteroatoms. The van der Waals surface area contributed by atoms with E-state index in [1.807, 2.05) is 24.3 Å². The van der Waals surface area contributed by atoms with E-state index >= 15 is 0 Å². The minimum Gasteiger partial charge on any atom is -0.381 e. The van der Waals surface area contributed by atoms with Gasteiger partial charge in [0.05, 0.1) is 11.0 Å². The van der Waals surface area contributed by atoms with Crippen molar-refractivity contribution in [3.8, 4) is 0 Å². The average molecular weight is 565 g/mol. The monoisotopic (exact) mass is 564 g/mol. The number of anilines is 5. The lowest BCUT2D eigenvalue weighted by molar-refractivity contribution is -0.137. The number of hydrogen-bond donors (Lipinski definition) is 4. The predicted octanol–water partition coefficient (Wildman–Crippen LogP) is 6.98. The van der Waals surface area contributed by atoms with Crippen molar-refractivity contribution in [2.45, 2.75) is 31.5 Å². The predicted molar refractivity (Wildman–Crippen MR) is 152 cm³/mol. The Kier molecular flexibility index (Phi) is 8.57. The summed E-state index contributed by atoms with van der Waals surface area (Å²) in [6.07, 6.45) is -1.57. The maximum Gasteiger partial charge on any atom is 0.421 e. The van der Waals surface area contributed by atoms with Crippen molar-refractivity contribution in [2.75, 3.05) is 29.0 Å². The van der Waals surface area contributed by atoms with E-state index < -0.39 is 17.6 Å². The van der Waals surface area contributed by atoms with Crippen LogP contribution in [-0.2, 0) is 17.3 Å². The minimum atomic E-state index is -4.67. The fourth-order valence-electron chi connectivity index (χ4n) is 4.61. The van der Waals surface area contributed by atoms with Crippen LogP contribution >= 0.6 is 8.46 Å². The largest absolute Gasteiger partial charge is 0.421 e. The highest BCUT2D eigenvalue weighted by Crippen LogP contribution is 2.35. The second-order valence-electron chi connectivity index (χ2n) is 9.53. The smallest absolute Gasteiger partial charge is 0.381 e. The number of alkyl halides is 3. The van der Waals surface area contributed by atoms with Crippen molar-refractivity contribution in [2.24, 2.45) is 0 Å². The molecule has 2 heterocycles. The van der Waals surface area contributed by atoms with Gasteiger partial charge >= 0.3 is 6.18 Å². The van der Waals surface area contributed by atoms with Crippen LogP contribution in [0.4, 0.5) is 42.0 Å². The van der Waals surface area contributed by atoms with E-state index in [4.69, 9.17) is 0 Å². The standard InChI is InChI=1S/C29H28F3N6OP/c30-29(31,32)24-18-35-28(38-27(24)37-25-8-1-2-9-26(25)40-39)36-22-12-10-19(11-13-22)16-34-23-7-3-5-20(15-23)21-6-4-14-33-17-21/h1-3,5,7-13,15,18,21,33-34H,4,6,14,16-17H2,(H2,35,36,37,38). The summed E-state index contributed by atoms with van der Waals surface area (Å²) in [5.74, 6) is 0.0887. The van der Waals surface area contributed by atoms with Gasteiger partial charge in [0.25, 0.3) is 0 Å². The molecular formula is C29H28F3N6OP. The highest BCUT2D eigenvalue weighted by atomic mass is 31.1. The fraction of sp³-hybridized carbons (Fsp3) is 0.241. The van der Waals surface area contributed by atoms with E-state index in [2.05, 4.69) is 55.5 Å². The third-order valence-corrected chi connectivity index (χ3v) is 7.30. The minimum absolute atomic E-state index is 0.00690. The number of hydrogen-bond acceptors (Lipinski definition) is 7. The molecular weight excluding hydrogens is 536 g/mol. The fourth-order valence-corrected chi connectivity index (χ4v) is 4.99. The average Bonchev–Trinajstić information content (AvgIpc) is 2.97. The molecule has 1 saturated heterocycles. The van der Waals surface area contributed by atoms with Crippen molar-refractivity contribution in [1.82, 2.24) is 15.3 Å². The van der Waals surface area contributed by atoms with Gasteiger partial charge in [0.15, 0.2) is 8.46 Å². The summed E-state index contributed by atoms with van der Waals surface area (Å²) in [6, 6.07) is 22.4. The van der Waals surface area contributed by atoms with Crippen LogP contribution in [0, 0.1) is 0 Å². The molecule has 40 heavy (non-hydrogen) atoms. The molecule has 7 nitrogen and oxygen atoms in total. The highest BCUT2D eigenvalue weighted by Gasteiger charge is 2.35. The number of aromatic nitrogens is 2. The molecule has 1 aliphatic rings. The molecule has 1 atom stereocenters. The number of piperidine rings is 1. The van der Waals surface area contributed by atoms with Crippen LogP contribution in [0.2, 0.25) is 0 Å². The summed E-state index contributed by atoms with van der Waals surface area (Å²) in [7, 11) is -0.324. The second-order valence-corrected chi connectivity index (χ2v) is 10.2. The van der Waals surface area contributed by atoms with Crippen molar-refractivity contribution >= 4 is 42.6 Å². The summed E-state index contributed by atoms with van der Waals surface area (Å²) in [4.78, 5) is 7.94. The van der Waals surface area contributed by atoms with Crippen LogP contribution in [0.1, 0.15) is 35.4 Å². The zero-order valence-corrected chi connectivity index (χ0v) is 22.4. The molecule has 1 fully saturated rings. The summed E-state index contributed by atoms with van der Waals surface area (Å²) >= 11 is 0. The lowest BCUT2D eigenvalue weighted by Gasteiger charge is -2.23. The van der Waals surface area contributed by atoms with Crippen LogP contribution < -0.4 is 26.6 Å². The van der Waals surface area contributed by atoms with Gasteiger partial charge in [0.2, 0.25) is 5.95 Å². The lowest BCUT2D eigenvalue weighted by Crippen LogP contribution is -2.28. The van der Waals surface area contributed by atoms with Crippen LogP contribution in [0.3, 0.4) is 0 Å². The van der Waals surface area contributed by atoms with E-state index in [1.54, 1.807) is 18.2 Å². The van der Waals surface area contributed by atoms with Crippen LogP contribution in [0.5, 0.6) is 0 Å². The highest BCUT2D eigenvalue weighted by molar-refractivity contribution is 7.34. The molecule has 0 saturated carbocycles. The second kappa shape index (κ2) is 12.4. The summed E-state index contributed by atoms with van der Waals surface area (Å²) in [5, 5.41) is 12.9. The third-order valence-electron chi connectivity index (χ3n) is 6.71. The molecule has 0 amide bonds. The van der Waals surface area contributed by atoms with Gasteiger partial charge in [-0.15, -0.1) is 0 Å². The van der Waals surface area contributed by atoms with E-state index in [0.717, 1.165) is 30.5 Å². The Morgan fingerprint density at radius 1 is 0.975 bits per heavy atom. The van der Waals surface area contributed by atoms with E-state index in [-0.39, 0.29) is 20.1 Å². The Bertz CT molecular complexity index is 1460. The normalized spacial score (nSPS) is 15.5. The van der Waals surface area contributed by atoms with Gasteiger partial charge in [-0.25, -0.2) is 4.98 Å². The zero-order chi connectivity index (χ0) is 28.0. The van der Waals surface area contributed by atoms with Gasteiger partial charge in [0, 0.05) is 30.7 Å². The maximum absolute atomic E-state index is 13.6. The van der Waals surface area contributed by atoms with Crippen molar-refractivity contribution in [3.63, 3.8) is 0 Å². The van der Waals surface area contributed by atoms with Crippen molar-refractivity contribution in [3.05, 3.63) is 95.7 Å². The zero-order valence-electron chi connectivity index (χ0n) is 21.5. The molecule has 4 N–H and O–H groups in total. The van der Waals surface area contributed by atoms with E-state index in [9.17, 15) is 17.7 Å². The molecule has 206 valence electrons. The summed E-state index contributed by atoms with van der Waals surface area (Å²) in [6.45, 7) is 2.71. The van der Waals surface area contributed by atoms with Gasteiger partial charge < -0.3 is 21.3 Å². The van der Waals surface area contributed by atoms with Crippen molar-refractivity contribution in [1.29, 1.82) is 0 Å². The number of halogens is 3. The first-order valence-corrected chi connectivity index (χ1v) is 13.7. The number of rotatable bonds is 9. The van der Waals surface area contributed by atoms with Gasteiger partial charge in [-0.1, -0.05) is 36.4 Å². The molecule has 3 aromatic carbocycles. The maximum atomic E-state index is 13.6. The first kappa shape index (κ1) is 27.6. The van der Waals surface area contributed by atoms with Gasteiger partial charge in [-0.05, 0) is 72.8 Å².